The van der Waals surface area contributed by atoms with Crippen molar-refractivity contribution in [2.24, 2.45) is 0 Å². The number of rotatable bonds is 3. The predicted molar refractivity (Wildman–Crippen MR) is 92.0 cm³/mol. The number of sulfone groups is 1. The molecule has 1 heterocycles. The molecular formula is C18H19F3N2O2S. The Balaban J connectivity index is 2.04. The Morgan fingerprint density at radius 3 is 2.23 bits per heavy atom. The van der Waals surface area contributed by atoms with E-state index in [1.165, 1.54) is 28.8 Å². The molecule has 1 saturated carbocycles. The largest absolute Gasteiger partial charge is 0.434 e. The zero-order valence-electron chi connectivity index (χ0n) is 14.3. The number of hydrogen-bond acceptors (Lipinski definition) is 3. The monoisotopic (exact) mass is 384 g/mol. The van der Waals surface area contributed by atoms with Crippen molar-refractivity contribution < 1.29 is 21.6 Å². The van der Waals surface area contributed by atoms with E-state index in [1.807, 2.05) is 0 Å². The van der Waals surface area contributed by atoms with Crippen LogP contribution in [0.2, 0.25) is 0 Å². The number of hydrogen-bond donors (Lipinski definition) is 0. The normalized spacial score (nSPS) is 16.8. The lowest BCUT2D eigenvalue weighted by Crippen LogP contribution is -2.12. The molecule has 1 aliphatic rings. The van der Waals surface area contributed by atoms with Gasteiger partial charge in [0.15, 0.2) is 15.5 Å². The first-order valence-corrected chi connectivity index (χ1v) is 10.1. The molecule has 0 saturated heterocycles. The van der Waals surface area contributed by atoms with Gasteiger partial charge in [0.1, 0.15) is 5.82 Å². The van der Waals surface area contributed by atoms with Gasteiger partial charge in [0.2, 0.25) is 0 Å². The molecular weight excluding hydrogens is 365 g/mol. The molecule has 3 rings (SSSR count). The van der Waals surface area contributed by atoms with Crippen molar-refractivity contribution in [3.8, 4) is 5.69 Å². The molecule has 0 spiro atoms. The highest BCUT2D eigenvalue weighted by atomic mass is 32.2. The van der Waals surface area contributed by atoms with Gasteiger partial charge in [-0.25, -0.2) is 13.4 Å². The molecule has 1 aromatic carbocycles. The van der Waals surface area contributed by atoms with E-state index in [0.717, 1.165) is 30.9 Å². The van der Waals surface area contributed by atoms with Crippen LogP contribution in [0.5, 0.6) is 0 Å². The summed E-state index contributed by atoms with van der Waals surface area (Å²) in [5, 5.41) is 0. The first-order valence-electron chi connectivity index (χ1n) is 8.19. The molecule has 0 aliphatic heterocycles. The molecule has 1 aliphatic carbocycles. The molecule has 1 fully saturated rings. The highest BCUT2D eigenvalue weighted by molar-refractivity contribution is 7.90. The Bertz CT molecular complexity index is 918. The second-order valence-electron chi connectivity index (χ2n) is 6.64. The van der Waals surface area contributed by atoms with E-state index in [0.29, 0.717) is 24.4 Å². The first-order chi connectivity index (χ1) is 12.1. The number of halogens is 3. The number of aromatic nitrogens is 2. The standard InChI is InChI=1S/C18H19F3N2O2S/c1-12-3-5-13(6-4-12)17-22-16(18(19,20)21)11-23(17)14-7-9-15(10-8-14)26(2,24)25/h7-11,13H,1,3-6H2,2H3. The fourth-order valence-corrected chi connectivity index (χ4v) is 3.79. The van der Waals surface area contributed by atoms with Crippen LogP contribution < -0.4 is 0 Å². The zero-order chi connectivity index (χ0) is 19.1. The van der Waals surface area contributed by atoms with Crippen LogP contribution in [-0.2, 0) is 16.0 Å². The van der Waals surface area contributed by atoms with E-state index in [2.05, 4.69) is 11.6 Å². The summed E-state index contributed by atoms with van der Waals surface area (Å²) in [5.41, 5.74) is 0.622. The number of nitrogens with zero attached hydrogens (tertiary/aromatic N) is 2. The fraction of sp³-hybridized carbons (Fsp3) is 0.389. The van der Waals surface area contributed by atoms with E-state index in [1.54, 1.807) is 0 Å². The van der Waals surface area contributed by atoms with Gasteiger partial charge in [0.25, 0.3) is 0 Å². The minimum atomic E-state index is -4.54. The minimum Gasteiger partial charge on any atom is -0.303 e. The summed E-state index contributed by atoms with van der Waals surface area (Å²) >= 11 is 0. The smallest absolute Gasteiger partial charge is 0.303 e. The second kappa shape index (κ2) is 6.57. The van der Waals surface area contributed by atoms with Gasteiger partial charge in [-0.3, -0.25) is 0 Å². The molecule has 1 aromatic heterocycles. The van der Waals surface area contributed by atoms with Crippen LogP contribution in [0.25, 0.3) is 5.69 Å². The summed E-state index contributed by atoms with van der Waals surface area (Å²) < 4.78 is 64.1. The van der Waals surface area contributed by atoms with E-state index in [4.69, 9.17) is 0 Å². The maximum absolute atomic E-state index is 13.2. The van der Waals surface area contributed by atoms with E-state index >= 15 is 0 Å². The van der Waals surface area contributed by atoms with Crippen LogP contribution in [0.3, 0.4) is 0 Å². The summed E-state index contributed by atoms with van der Waals surface area (Å²) in [6.07, 6.45) is 0.474. The summed E-state index contributed by atoms with van der Waals surface area (Å²) in [6, 6.07) is 5.79. The van der Waals surface area contributed by atoms with Crippen LogP contribution >= 0.6 is 0 Å². The topological polar surface area (TPSA) is 52.0 Å². The molecule has 0 unspecified atom stereocenters. The number of allylic oxidation sites excluding steroid dienone is 1. The average Bonchev–Trinajstić information content (AvgIpc) is 3.00. The lowest BCUT2D eigenvalue weighted by atomic mass is 9.86. The quantitative estimate of drug-likeness (QED) is 0.732. The number of benzene rings is 1. The lowest BCUT2D eigenvalue weighted by Gasteiger charge is -2.23. The van der Waals surface area contributed by atoms with Crippen LogP contribution in [-0.4, -0.2) is 24.2 Å². The number of alkyl halides is 3. The predicted octanol–water partition coefficient (Wildman–Crippen LogP) is 4.51. The summed E-state index contributed by atoms with van der Waals surface area (Å²) in [7, 11) is -3.37. The van der Waals surface area contributed by atoms with Gasteiger partial charge >= 0.3 is 6.18 Å². The molecule has 26 heavy (non-hydrogen) atoms. The van der Waals surface area contributed by atoms with E-state index in [9.17, 15) is 21.6 Å². The summed E-state index contributed by atoms with van der Waals surface area (Å²) in [4.78, 5) is 3.99. The molecule has 140 valence electrons. The molecule has 0 atom stereocenters. The Morgan fingerprint density at radius 2 is 1.73 bits per heavy atom. The Kier molecular flexibility index (Phi) is 4.72. The van der Waals surface area contributed by atoms with Gasteiger partial charge < -0.3 is 4.57 Å². The third kappa shape index (κ3) is 3.85. The van der Waals surface area contributed by atoms with Crippen LogP contribution in [0.15, 0.2) is 47.5 Å². The maximum Gasteiger partial charge on any atom is 0.434 e. The SMILES string of the molecule is C=C1CCC(c2nc(C(F)(F)F)cn2-c2ccc(S(C)(=O)=O)cc2)CC1. The van der Waals surface area contributed by atoms with Crippen LogP contribution in [0.4, 0.5) is 13.2 Å². The third-order valence-electron chi connectivity index (χ3n) is 4.62. The average molecular weight is 384 g/mol. The molecule has 4 nitrogen and oxygen atoms in total. The van der Waals surface area contributed by atoms with Gasteiger partial charge in [0, 0.05) is 24.1 Å². The van der Waals surface area contributed by atoms with Gasteiger partial charge in [-0.05, 0) is 49.9 Å². The van der Waals surface area contributed by atoms with Crippen molar-refractivity contribution in [2.75, 3.05) is 6.26 Å². The number of imidazole rings is 1. The molecule has 2 aromatic rings. The van der Waals surface area contributed by atoms with Crippen molar-refractivity contribution in [1.29, 1.82) is 0 Å². The summed E-state index contributed by atoms with van der Waals surface area (Å²) in [6.45, 7) is 3.94. The summed E-state index contributed by atoms with van der Waals surface area (Å²) in [5.74, 6) is 0.267. The highest BCUT2D eigenvalue weighted by Crippen LogP contribution is 2.37. The Hall–Kier alpha value is -2.09. The van der Waals surface area contributed by atoms with E-state index in [-0.39, 0.29) is 10.8 Å². The first kappa shape index (κ1) is 18.7. The Labute approximate surface area is 150 Å². The van der Waals surface area contributed by atoms with Crippen molar-refractivity contribution in [2.45, 2.75) is 42.7 Å². The van der Waals surface area contributed by atoms with Crippen molar-refractivity contribution in [3.63, 3.8) is 0 Å². The van der Waals surface area contributed by atoms with Crippen molar-refractivity contribution in [3.05, 3.63) is 54.1 Å². The zero-order valence-corrected chi connectivity index (χ0v) is 15.1. The van der Waals surface area contributed by atoms with Crippen molar-refractivity contribution >= 4 is 9.84 Å². The second-order valence-corrected chi connectivity index (χ2v) is 8.66. The Morgan fingerprint density at radius 1 is 1.15 bits per heavy atom. The van der Waals surface area contributed by atoms with Gasteiger partial charge in [-0.2, -0.15) is 13.2 Å². The molecule has 0 bridgehead atoms. The van der Waals surface area contributed by atoms with Crippen LogP contribution in [0, 0.1) is 0 Å². The van der Waals surface area contributed by atoms with E-state index < -0.39 is 21.7 Å². The molecule has 0 amide bonds. The maximum atomic E-state index is 13.2. The third-order valence-corrected chi connectivity index (χ3v) is 5.75. The fourth-order valence-electron chi connectivity index (χ4n) is 3.16. The van der Waals surface area contributed by atoms with Gasteiger partial charge in [0.05, 0.1) is 4.90 Å². The minimum absolute atomic E-state index is 0.0915. The molecule has 0 radical (unpaired) electrons. The highest BCUT2D eigenvalue weighted by Gasteiger charge is 2.36. The van der Waals surface area contributed by atoms with Gasteiger partial charge in [-0.15, -0.1) is 0 Å². The molecule has 0 N–H and O–H groups in total. The lowest BCUT2D eigenvalue weighted by molar-refractivity contribution is -0.141. The van der Waals surface area contributed by atoms with Crippen LogP contribution in [0.1, 0.15) is 43.1 Å². The molecule has 8 heteroatoms. The van der Waals surface area contributed by atoms with Gasteiger partial charge in [-0.1, -0.05) is 12.2 Å². The van der Waals surface area contributed by atoms with Crippen molar-refractivity contribution in [1.82, 2.24) is 9.55 Å².